The summed E-state index contributed by atoms with van der Waals surface area (Å²) in [5.41, 5.74) is 1.60. The second kappa shape index (κ2) is 10.4. The van der Waals surface area contributed by atoms with E-state index >= 15 is 0 Å². The third kappa shape index (κ3) is 5.26. The number of hydrogen-bond acceptors (Lipinski definition) is 7. The normalized spacial score (nSPS) is 15.9. The summed E-state index contributed by atoms with van der Waals surface area (Å²) in [6.45, 7) is 0. The molecule has 1 heterocycles. The zero-order valence-corrected chi connectivity index (χ0v) is 20.9. The maximum absolute atomic E-state index is 13.4. The average Bonchev–Trinajstić information content (AvgIpc) is 3.04. The van der Waals surface area contributed by atoms with Gasteiger partial charge in [0.15, 0.2) is 0 Å². The second-order valence-electron chi connectivity index (χ2n) is 7.46. The zero-order chi connectivity index (χ0) is 23.8. The largest absolute Gasteiger partial charge is 1.00 e. The molecule has 0 spiro atoms. The van der Waals surface area contributed by atoms with Gasteiger partial charge in [-0.25, -0.2) is 18.4 Å². The van der Waals surface area contributed by atoms with Crippen LogP contribution < -0.4 is 45.0 Å². The fraction of sp³-hybridized carbons (Fsp3) is 0.0909. The Hall–Kier alpha value is -2.51. The Morgan fingerprint density at radius 1 is 0.794 bits per heavy atom. The molecule has 0 saturated carbocycles. The molecule has 9 nitrogen and oxygen atoms in total. The Morgan fingerprint density at radius 3 is 1.76 bits per heavy atom. The molecule has 2 amide bonds. The quantitative estimate of drug-likeness (QED) is 0.221. The van der Waals surface area contributed by atoms with Crippen molar-refractivity contribution in [3.8, 4) is 0 Å². The van der Waals surface area contributed by atoms with E-state index in [4.69, 9.17) is 0 Å². The van der Waals surface area contributed by atoms with Crippen LogP contribution in [0.3, 0.4) is 0 Å². The van der Waals surface area contributed by atoms with E-state index in [1.54, 1.807) is 42.5 Å². The molecule has 34 heavy (non-hydrogen) atoms. The number of hydrogen-bond donors (Lipinski definition) is 2. The van der Waals surface area contributed by atoms with Crippen molar-refractivity contribution in [2.24, 2.45) is 5.92 Å². The summed E-state index contributed by atoms with van der Waals surface area (Å²) in [5.74, 6) is -2.05. The summed E-state index contributed by atoms with van der Waals surface area (Å²) in [7, 11) is -6.29. The average molecular weight is 488 g/mol. The van der Waals surface area contributed by atoms with Crippen LogP contribution in [0, 0.1) is 5.92 Å². The Kier molecular flexibility index (Phi) is 7.99. The van der Waals surface area contributed by atoms with E-state index in [-0.39, 0.29) is 47.1 Å². The molecule has 4 rings (SSSR count). The minimum atomic E-state index is -4.66. The Morgan fingerprint density at radius 2 is 1.29 bits per heavy atom. The number of carbonyl (C=O) groups is 2. The van der Waals surface area contributed by atoms with Crippen LogP contribution in [-0.2, 0) is 26.1 Å². The van der Waals surface area contributed by atoms with Gasteiger partial charge in [0.05, 0.1) is 16.3 Å². The van der Waals surface area contributed by atoms with Gasteiger partial charge in [0.25, 0.3) is 11.8 Å². The molecule has 12 heteroatoms. The second-order valence-corrected chi connectivity index (χ2v) is 8.84. The van der Waals surface area contributed by atoms with Gasteiger partial charge in [-0.3, -0.25) is 9.59 Å². The van der Waals surface area contributed by atoms with E-state index in [0.29, 0.717) is 11.3 Å². The van der Waals surface area contributed by atoms with Crippen LogP contribution >= 0.6 is 0 Å². The van der Waals surface area contributed by atoms with Crippen molar-refractivity contribution < 1.29 is 62.2 Å². The molecule has 168 valence electrons. The Bertz CT molecular complexity index is 1290. The maximum atomic E-state index is 13.4. The monoisotopic (exact) mass is 488 g/mol. The third-order valence-corrected chi connectivity index (χ3v) is 6.15. The minimum absolute atomic E-state index is 0. The fourth-order valence-electron chi connectivity index (χ4n) is 3.64. The van der Waals surface area contributed by atoms with Gasteiger partial charge in [0.1, 0.15) is 16.0 Å². The summed E-state index contributed by atoms with van der Waals surface area (Å²) in [6.07, 6.45) is 0.0757. The molecule has 2 N–H and O–H groups in total. The van der Waals surface area contributed by atoms with Crippen LogP contribution in [0.4, 0.5) is 11.4 Å². The Balaban J connectivity index is 0.00000324. The molecule has 1 unspecified atom stereocenters. The molecule has 3 aromatic rings. The summed E-state index contributed by atoms with van der Waals surface area (Å²) in [6, 6.07) is 19.5. The van der Waals surface area contributed by atoms with Crippen LogP contribution in [0.5, 0.6) is 0 Å². The minimum Gasteiger partial charge on any atom is -0.744 e. The number of carbonyl (C=O) groups excluding carboxylic acids is 2. The SMILES string of the molecule is O=C1C(Cc2ccc(B(O)O)cc2)C(=O)N(c2ccc(S(=O)(=O)[O-])cc2)N1c1ccccc1.[Na+]. The van der Waals surface area contributed by atoms with Crippen LogP contribution in [0.25, 0.3) is 0 Å². The van der Waals surface area contributed by atoms with Crippen molar-refractivity contribution in [2.45, 2.75) is 11.3 Å². The first-order valence-electron chi connectivity index (χ1n) is 9.90. The molecular weight excluding hydrogens is 470 g/mol. The van der Waals surface area contributed by atoms with E-state index in [2.05, 4.69) is 0 Å². The van der Waals surface area contributed by atoms with Gasteiger partial charge >= 0.3 is 36.7 Å². The third-order valence-electron chi connectivity index (χ3n) is 5.30. The number of benzene rings is 3. The van der Waals surface area contributed by atoms with Crippen LogP contribution in [-0.4, -0.2) is 42.0 Å². The molecule has 0 aromatic heterocycles. The molecule has 1 fully saturated rings. The molecule has 1 saturated heterocycles. The Labute approximate surface area is 218 Å². The predicted octanol–water partition coefficient (Wildman–Crippen LogP) is -2.57. The molecule has 3 aromatic carbocycles. The van der Waals surface area contributed by atoms with E-state index in [1.165, 1.54) is 29.3 Å². The van der Waals surface area contributed by atoms with Crippen molar-refractivity contribution in [1.82, 2.24) is 0 Å². The van der Waals surface area contributed by atoms with Gasteiger partial charge in [-0.2, -0.15) is 0 Å². The van der Waals surface area contributed by atoms with Gasteiger partial charge in [-0.1, -0.05) is 42.5 Å². The summed E-state index contributed by atoms with van der Waals surface area (Å²) >= 11 is 0. The van der Waals surface area contributed by atoms with Crippen molar-refractivity contribution >= 4 is 45.9 Å². The van der Waals surface area contributed by atoms with Gasteiger partial charge in [-0.05, 0) is 53.8 Å². The van der Waals surface area contributed by atoms with Crippen LogP contribution in [0.1, 0.15) is 5.56 Å². The maximum Gasteiger partial charge on any atom is 1.00 e. The van der Waals surface area contributed by atoms with Gasteiger partial charge in [0.2, 0.25) is 0 Å². The van der Waals surface area contributed by atoms with E-state index in [1.807, 2.05) is 0 Å². The first kappa shape index (κ1) is 26.1. The van der Waals surface area contributed by atoms with Crippen molar-refractivity contribution in [3.63, 3.8) is 0 Å². The summed E-state index contributed by atoms with van der Waals surface area (Å²) in [5, 5.41) is 20.9. The molecule has 1 atom stereocenters. The first-order valence-corrected chi connectivity index (χ1v) is 11.3. The number of para-hydroxylation sites is 1. The molecule has 1 aliphatic heterocycles. The van der Waals surface area contributed by atoms with Crippen LogP contribution in [0.2, 0.25) is 0 Å². The van der Waals surface area contributed by atoms with E-state index in [9.17, 15) is 32.6 Å². The van der Waals surface area contributed by atoms with Gasteiger partial charge < -0.3 is 14.6 Å². The van der Waals surface area contributed by atoms with Crippen molar-refractivity contribution in [2.75, 3.05) is 10.0 Å². The molecule has 0 bridgehead atoms. The van der Waals surface area contributed by atoms with Crippen molar-refractivity contribution in [1.29, 1.82) is 0 Å². The van der Waals surface area contributed by atoms with E-state index in [0.717, 1.165) is 17.1 Å². The van der Waals surface area contributed by atoms with Gasteiger partial charge in [-0.15, -0.1) is 0 Å². The zero-order valence-electron chi connectivity index (χ0n) is 18.1. The number of hydrazine groups is 1. The van der Waals surface area contributed by atoms with E-state index < -0.39 is 39.9 Å². The predicted molar refractivity (Wildman–Crippen MR) is 119 cm³/mol. The standard InChI is InChI=1S/C22H19BN2O7S.Na/c26-21-20(14-15-6-8-16(9-7-15)23(28)29)22(27)25(24(21)17-4-2-1-3-5-17)18-10-12-19(13-11-18)33(30,31)32;/h1-13,20,28-29H,14H2,(H,30,31,32);/q;+1/p-1. The topological polar surface area (TPSA) is 138 Å². The number of amides is 2. The molecular formula is C22H18BN2NaO7S. The fourth-order valence-corrected chi connectivity index (χ4v) is 4.11. The number of rotatable bonds is 6. The number of anilines is 2. The van der Waals surface area contributed by atoms with Crippen LogP contribution in [0.15, 0.2) is 83.8 Å². The smallest absolute Gasteiger partial charge is 0.744 e. The van der Waals surface area contributed by atoms with Crippen molar-refractivity contribution in [3.05, 3.63) is 84.4 Å². The number of nitrogens with zero attached hydrogens (tertiary/aromatic N) is 2. The summed E-state index contributed by atoms with van der Waals surface area (Å²) < 4.78 is 33.8. The first-order chi connectivity index (χ1) is 15.7. The summed E-state index contributed by atoms with van der Waals surface area (Å²) in [4.78, 5) is 26.3. The molecule has 0 radical (unpaired) electrons. The van der Waals surface area contributed by atoms with Gasteiger partial charge in [0, 0.05) is 0 Å². The molecule has 0 aliphatic carbocycles. The molecule has 1 aliphatic rings.